The van der Waals surface area contributed by atoms with Crippen LogP contribution in [-0.4, -0.2) is 48.9 Å². The largest absolute Gasteiger partial charge is 0.354 e. The van der Waals surface area contributed by atoms with Gasteiger partial charge in [0.2, 0.25) is 11.8 Å². The van der Waals surface area contributed by atoms with E-state index >= 15 is 0 Å². The minimum atomic E-state index is -0.405. The second-order valence-electron chi connectivity index (χ2n) is 7.37. The highest BCUT2D eigenvalue weighted by Gasteiger charge is 2.37. The number of hydrogen-bond acceptors (Lipinski definition) is 3. The fraction of sp³-hybridized carbons (Fsp3) is 0.619. The van der Waals surface area contributed by atoms with Crippen molar-refractivity contribution in [2.75, 3.05) is 31.1 Å². The molecule has 2 aliphatic heterocycles. The number of amides is 2. The Bertz CT molecular complexity index is 623. The van der Waals surface area contributed by atoms with Crippen molar-refractivity contribution in [3.63, 3.8) is 0 Å². The van der Waals surface area contributed by atoms with E-state index in [2.05, 4.69) is 10.2 Å². The Labute approximate surface area is 156 Å². The molecule has 26 heavy (non-hydrogen) atoms. The third kappa shape index (κ3) is 4.44. The molecule has 2 amide bonds. The van der Waals surface area contributed by atoms with Crippen LogP contribution in [0.25, 0.3) is 0 Å². The molecule has 1 fully saturated rings. The molecule has 5 heteroatoms. The van der Waals surface area contributed by atoms with Crippen LogP contribution in [0.3, 0.4) is 0 Å². The summed E-state index contributed by atoms with van der Waals surface area (Å²) >= 11 is 0. The topological polar surface area (TPSA) is 52.7 Å². The van der Waals surface area contributed by atoms with Gasteiger partial charge in [-0.3, -0.25) is 14.5 Å². The van der Waals surface area contributed by atoms with Gasteiger partial charge < -0.3 is 10.2 Å². The van der Waals surface area contributed by atoms with Gasteiger partial charge in [-0.2, -0.15) is 0 Å². The molecule has 1 saturated heterocycles. The Hall–Kier alpha value is -1.88. The minimum absolute atomic E-state index is 0.0136. The van der Waals surface area contributed by atoms with Gasteiger partial charge in [0, 0.05) is 25.1 Å². The summed E-state index contributed by atoms with van der Waals surface area (Å²) in [5.74, 6) is -0.0152. The van der Waals surface area contributed by atoms with E-state index in [0.29, 0.717) is 19.4 Å². The third-order valence-electron chi connectivity index (χ3n) is 5.50. The predicted molar refractivity (Wildman–Crippen MR) is 104 cm³/mol. The molecule has 2 heterocycles. The van der Waals surface area contributed by atoms with Crippen LogP contribution in [0.5, 0.6) is 0 Å². The summed E-state index contributed by atoms with van der Waals surface area (Å²) in [4.78, 5) is 29.3. The van der Waals surface area contributed by atoms with Crippen LogP contribution in [0.15, 0.2) is 24.3 Å². The van der Waals surface area contributed by atoms with E-state index in [1.807, 2.05) is 31.2 Å². The van der Waals surface area contributed by atoms with E-state index in [-0.39, 0.29) is 11.8 Å². The van der Waals surface area contributed by atoms with Crippen molar-refractivity contribution in [1.29, 1.82) is 0 Å². The van der Waals surface area contributed by atoms with Crippen molar-refractivity contribution in [3.8, 4) is 0 Å². The Morgan fingerprint density at radius 3 is 2.58 bits per heavy atom. The van der Waals surface area contributed by atoms with Gasteiger partial charge >= 0.3 is 0 Å². The number of benzene rings is 1. The number of fused-ring (bicyclic) bond motifs is 1. The number of likely N-dealkylation sites (tertiary alicyclic amines) is 1. The first-order chi connectivity index (χ1) is 12.7. The molecule has 0 radical (unpaired) electrons. The van der Waals surface area contributed by atoms with Gasteiger partial charge in [0.1, 0.15) is 6.04 Å². The van der Waals surface area contributed by atoms with Crippen LogP contribution in [0, 0.1) is 0 Å². The van der Waals surface area contributed by atoms with E-state index in [1.165, 1.54) is 38.8 Å². The summed E-state index contributed by atoms with van der Waals surface area (Å²) in [6.07, 6.45) is 7.26. The maximum absolute atomic E-state index is 12.7. The van der Waals surface area contributed by atoms with Gasteiger partial charge in [-0.15, -0.1) is 0 Å². The van der Waals surface area contributed by atoms with Crippen LogP contribution in [0.4, 0.5) is 5.69 Å². The van der Waals surface area contributed by atoms with Gasteiger partial charge in [0.05, 0.1) is 0 Å². The molecule has 0 aromatic heterocycles. The Morgan fingerprint density at radius 2 is 1.85 bits per heavy atom. The normalized spacial score (nSPS) is 20.5. The van der Waals surface area contributed by atoms with E-state index in [9.17, 15) is 9.59 Å². The predicted octanol–water partition coefficient (Wildman–Crippen LogP) is 2.74. The molecule has 0 bridgehead atoms. The first kappa shape index (κ1) is 18.9. The first-order valence-electron chi connectivity index (χ1n) is 10.1. The number of carbonyl (C=O) groups excluding carboxylic acids is 2. The number of carbonyl (C=O) groups is 2. The Morgan fingerprint density at radius 1 is 1.12 bits per heavy atom. The lowest BCUT2D eigenvalue weighted by atomic mass is 10.1. The second-order valence-corrected chi connectivity index (χ2v) is 7.37. The Kier molecular flexibility index (Phi) is 6.67. The molecule has 0 spiro atoms. The molecule has 142 valence electrons. The summed E-state index contributed by atoms with van der Waals surface area (Å²) in [5.41, 5.74) is 1.98. The SMILES string of the molecule is CCC(=O)N1c2ccccc2C[C@H]1C(=O)NCCCN1CCCCCC1. The van der Waals surface area contributed by atoms with Crippen LogP contribution in [0.1, 0.15) is 51.0 Å². The number of rotatable bonds is 6. The lowest BCUT2D eigenvalue weighted by molar-refractivity contribution is -0.126. The summed E-state index contributed by atoms with van der Waals surface area (Å²) in [6, 6.07) is 7.44. The highest BCUT2D eigenvalue weighted by atomic mass is 16.2. The number of para-hydroxylation sites is 1. The maximum atomic E-state index is 12.7. The van der Waals surface area contributed by atoms with Crippen LogP contribution in [0.2, 0.25) is 0 Å². The van der Waals surface area contributed by atoms with E-state index in [1.54, 1.807) is 4.90 Å². The molecule has 0 unspecified atom stereocenters. The van der Waals surface area contributed by atoms with Gasteiger partial charge in [0.15, 0.2) is 0 Å². The third-order valence-corrected chi connectivity index (χ3v) is 5.50. The smallest absolute Gasteiger partial charge is 0.243 e. The van der Waals surface area contributed by atoms with E-state index in [0.717, 1.165) is 24.2 Å². The molecule has 3 rings (SSSR count). The maximum Gasteiger partial charge on any atom is 0.243 e. The van der Waals surface area contributed by atoms with Crippen molar-refractivity contribution in [3.05, 3.63) is 29.8 Å². The summed E-state index contributed by atoms with van der Waals surface area (Å²) in [6.45, 7) is 5.94. The average Bonchev–Trinajstić information content (AvgIpc) is 2.86. The van der Waals surface area contributed by atoms with Crippen LogP contribution >= 0.6 is 0 Å². The van der Waals surface area contributed by atoms with Crippen molar-refractivity contribution in [1.82, 2.24) is 10.2 Å². The van der Waals surface area contributed by atoms with E-state index in [4.69, 9.17) is 0 Å². The zero-order valence-electron chi connectivity index (χ0n) is 15.9. The van der Waals surface area contributed by atoms with Crippen LogP contribution in [-0.2, 0) is 16.0 Å². The second kappa shape index (κ2) is 9.17. The molecule has 0 aliphatic carbocycles. The van der Waals surface area contributed by atoms with Gasteiger partial charge in [0.25, 0.3) is 0 Å². The standard InChI is InChI=1S/C21H31N3O2/c1-2-20(25)24-18-11-6-5-10-17(18)16-19(24)21(26)22-12-9-15-23-13-7-3-4-8-14-23/h5-6,10-11,19H,2-4,7-9,12-16H2,1H3,(H,22,26)/t19-/m0/s1. The van der Waals surface area contributed by atoms with Crippen molar-refractivity contribution < 1.29 is 9.59 Å². The molecule has 1 N–H and O–H groups in total. The number of nitrogens with one attached hydrogen (secondary N) is 1. The molecule has 0 saturated carbocycles. The van der Waals surface area contributed by atoms with Crippen molar-refractivity contribution in [2.45, 2.75) is 57.9 Å². The number of hydrogen-bond donors (Lipinski definition) is 1. The highest BCUT2D eigenvalue weighted by Crippen LogP contribution is 2.32. The summed E-state index contributed by atoms with van der Waals surface area (Å²) < 4.78 is 0. The van der Waals surface area contributed by atoms with Gasteiger partial charge in [-0.05, 0) is 50.5 Å². The molecule has 1 aromatic rings. The van der Waals surface area contributed by atoms with Crippen LogP contribution < -0.4 is 10.2 Å². The zero-order valence-corrected chi connectivity index (χ0v) is 15.9. The number of nitrogens with zero attached hydrogens (tertiary/aromatic N) is 2. The molecule has 1 atom stereocenters. The summed E-state index contributed by atoms with van der Waals surface area (Å²) in [5, 5.41) is 3.06. The Balaban J connectivity index is 1.51. The lowest BCUT2D eigenvalue weighted by Gasteiger charge is -2.25. The van der Waals surface area contributed by atoms with Crippen molar-refractivity contribution in [2.24, 2.45) is 0 Å². The molecular weight excluding hydrogens is 326 g/mol. The molecule has 5 nitrogen and oxygen atoms in total. The van der Waals surface area contributed by atoms with Gasteiger partial charge in [-0.25, -0.2) is 0 Å². The quantitative estimate of drug-likeness (QED) is 0.797. The molecule has 1 aromatic carbocycles. The number of anilines is 1. The molecular formula is C21H31N3O2. The molecule has 2 aliphatic rings. The van der Waals surface area contributed by atoms with Gasteiger partial charge in [-0.1, -0.05) is 38.0 Å². The fourth-order valence-corrected chi connectivity index (χ4v) is 4.07. The monoisotopic (exact) mass is 357 g/mol. The zero-order chi connectivity index (χ0) is 18.4. The van der Waals surface area contributed by atoms with E-state index < -0.39 is 6.04 Å². The average molecular weight is 357 g/mol. The van der Waals surface area contributed by atoms with Crippen molar-refractivity contribution >= 4 is 17.5 Å². The highest BCUT2D eigenvalue weighted by molar-refractivity contribution is 6.03. The fourth-order valence-electron chi connectivity index (χ4n) is 4.07. The summed E-state index contributed by atoms with van der Waals surface area (Å²) in [7, 11) is 0. The first-order valence-corrected chi connectivity index (χ1v) is 10.1. The minimum Gasteiger partial charge on any atom is -0.354 e. The lowest BCUT2D eigenvalue weighted by Crippen LogP contribution is -2.48.